The average Bonchev–Trinajstić information content (AvgIpc) is 1.56. The van der Waals surface area contributed by atoms with Gasteiger partial charge in [-0.15, -0.1) is 0 Å². The number of hydrogen-bond donors (Lipinski definition) is 0. The largest absolute Gasteiger partial charge is 0.493 e. The predicted octanol–water partition coefficient (Wildman–Crippen LogP) is 41.1. The number of nitriles is 1. The van der Waals surface area contributed by atoms with Crippen LogP contribution in [0.4, 0.5) is 0 Å². The van der Waals surface area contributed by atoms with Crippen LogP contribution < -0.4 is 9.47 Å². The van der Waals surface area contributed by atoms with Crippen LogP contribution in [0.5, 0.6) is 11.5 Å². The van der Waals surface area contributed by atoms with E-state index >= 15 is 0 Å². The van der Waals surface area contributed by atoms with Crippen molar-refractivity contribution in [2.45, 2.75) is 477 Å². The number of ether oxygens (including phenoxy) is 2. The average molecular weight is 1750 g/mol. The molecule has 8 rings (SSSR count). The number of fused-ring (bicyclic) bond motifs is 3. The molecule has 0 saturated carbocycles. The van der Waals surface area contributed by atoms with Crippen LogP contribution in [0.3, 0.4) is 0 Å². The summed E-state index contributed by atoms with van der Waals surface area (Å²) in [5, 5.41) is 9.71. The first-order valence-electron chi connectivity index (χ1n) is 49.4. The van der Waals surface area contributed by atoms with Crippen LogP contribution in [0, 0.1) is 87.1 Å². The van der Waals surface area contributed by atoms with Crippen LogP contribution in [0.1, 0.15) is 490 Å². The first-order valence-corrected chi connectivity index (χ1v) is 49.4. The van der Waals surface area contributed by atoms with Gasteiger partial charge in [0.1, 0.15) is 11.5 Å². The monoisotopic (exact) mass is 1750 g/mol. The molecule has 0 bridgehead atoms. The van der Waals surface area contributed by atoms with E-state index in [0.29, 0.717) is 30.2 Å². The van der Waals surface area contributed by atoms with E-state index < -0.39 is 0 Å². The van der Waals surface area contributed by atoms with Gasteiger partial charge in [0.25, 0.3) is 0 Å². The van der Waals surface area contributed by atoms with Gasteiger partial charge in [0.2, 0.25) is 0 Å². The summed E-state index contributed by atoms with van der Waals surface area (Å²) >= 11 is 0. The van der Waals surface area contributed by atoms with Gasteiger partial charge in [-0.2, -0.15) is 5.26 Å². The van der Waals surface area contributed by atoms with Crippen LogP contribution in [-0.4, -0.2) is 18.2 Å². The Morgan fingerprint density at radius 2 is 0.758 bits per heavy atom. The summed E-state index contributed by atoms with van der Waals surface area (Å²) in [6.45, 7) is 48.2. The Labute approximate surface area is 796 Å². The van der Waals surface area contributed by atoms with Crippen molar-refractivity contribution < 1.29 is 9.47 Å². The van der Waals surface area contributed by atoms with Gasteiger partial charge in [0.15, 0.2) is 5.70 Å². The quantitative estimate of drug-likeness (QED) is 0.0165. The summed E-state index contributed by atoms with van der Waals surface area (Å²) in [6, 6.07) is 44.6. The third-order valence-corrected chi connectivity index (χ3v) is 24.8. The topological polar surface area (TPSA) is 59.5 Å². The van der Waals surface area contributed by atoms with Crippen molar-refractivity contribution in [1.29, 1.82) is 5.26 Å². The SMILES string of the molecule is C.C.C.C.C.C.C.C/C=C/c1ccc(C)cc1.CCCCCCCCCCCCC1(CCCCCCCCCCCC)c2cc(C)ccc2-c2ccc(C)cc21.CCCCCCCCCCCCc1cc(C)ccc1C.CCCCCCc1nc(C)ccc1C.[C-]#[N+]/C(=C\c1cc(C)c(C)cc1OCCCCCC)c1cc(OCCCCCC)c(/C(C#N)=C/C)cc1C. The molecule has 0 amide bonds. The Morgan fingerprint density at radius 3 is 1.20 bits per heavy atom. The van der Waals surface area contributed by atoms with Crippen LogP contribution >= 0.6 is 0 Å². The normalized spacial score (nSPS) is 11.3. The fraction of sp³-hybridized carbons (Fsp3) is 0.602. The standard InChI is InChI=1S/C39H62.C34H44N2O2.C20H34.C13H21N.C10H12.7CH4/c1-5-7-9-11-13-15-17-19-21-23-29-39(30-24-22-20-18-16-14-12-10-8-6-2)37-31-33(3)25-27-35(37)36-28-26-34(4)32-38(36)39;1-8-11-13-15-17-37-33-21-26(5)25(4)19-29(33)22-32(36-7)30-23-34(38-18-16-14-12-9-2)31(20-27(30)6)28(10-3)24-35;1-4-5-6-7-8-9-10-11-12-13-14-20-17-18(2)15-16-19(20)3;1-4-5-6-7-8-13-11(2)9-10-12(3)14-13;1-3-4-10-7-5-9(2)6-8-10;;;;;;;/h25-28,31-32H,5-24,29-30H2,1-4H3;10,19-23H,8-9,11-18H2,1-6H3;15-17H,4-14H2,1-3H3;9-10H,4-8H2,1-3H3;3-8H,1-2H3;7*1H4/b;28-10+,32-22-;;;4-3+;;;;;;;. The Balaban J connectivity index is -0.000000798. The van der Waals surface area contributed by atoms with Crippen molar-refractivity contribution in [3.8, 4) is 28.7 Å². The van der Waals surface area contributed by atoms with E-state index in [4.69, 9.17) is 16.0 Å². The number of allylic oxidation sites excluding steroid dienone is 3. The number of nitrogens with zero attached hydrogens (tertiary/aromatic N) is 3. The Hall–Kier alpha value is -7.73. The molecule has 1 aromatic heterocycles. The lowest BCUT2D eigenvalue weighted by Gasteiger charge is -2.33. The summed E-state index contributed by atoms with van der Waals surface area (Å²) in [7, 11) is 0. The molecule has 0 fully saturated rings. The van der Waals surface area contributed by atoms with E-state index in [0.717, 1.165) is 71.4 Å². The van der Waals surface area contributed by atoms with E-state index in [1.807, 2.05) is 51.1 Å². The second-order valence-electron chi connectivity index (χ2n) is 35.8. The maximum atomic E-state index is 9.71. The molecular weight excluding hydrogens is 1550 g/mol. The fourth-order valence-corrected chi connectivity index (χ4v) is 17.0. The van der Waals surface area contributed by atoms with Gasteiger partial charge in [-0.05, 0) is 232 Å². The zero-order chi connectivity index (χ0) is 88.1. The van der Waals surface area contributed by atoms with Gasteiger partial charge in [-0.1, -0.05) is 468 Å². The summed E-state index contributed by atoms with van der Waals surface area (Å²) in [5.41, 5.74) is 27.1. The Morgan fingerprint density at radius 1 is 0.375 bits per heavy atom. The maximum absolute atomic E-state index is 9.71. The molecule has 7 aromatic rings. The van der Waals surface area contributed by atoms with Crippen molar-refractivity contribution in [2.24, 2.45) is 0 Å². The minimum atomic E-state index is 0. The highest BCUT2D eigenvalue weighted by atomic mass is 16.5. The lowest BCUT2D eigenvalue weighted by atomic mass is 9.70. The molecule has 0 aliphatic heterocycles. The number of hydrogen-bond acceptors (Lipinski definition) is 4. The summed E-state index contributed by atoms with van der Waals surface area (Å²) in [4.78, 5) is 8.50. The zero-order valence-electron chi connectivity index (χ0n) is 80.9. The van der Waals surface area contributed by atoms with Gasteiger partial charge in [-0.25, -0.2) is 4.85 Å². The van der Waals surface area contributed by atoms with E-state index in [2.05, 4.69) is 229 Å². The Bertz CT molecular complexity index is 4050. The third-order valence-electron chi connectivity index (χ3n) is 24.8. The molecule has 0 unspecified atom stereocenters. The molecule has 1 aliphatic rings. The predicted molar refractivity (Wildman–Crippen MR) is 581 cm³/mol. The molecule has 1 aliphatic carbocycles. The van der Waals surface area contributed by atoms with E-state index in [1.54, 1.807) is 16.7 Å². The van der Waals surface area contributed by atoms with Crippen LogP contribution in [0.2, 0.25) is 0 Å². The van der Waals surface area contributed by atoms with Crippen molar-refractivity contribution in [1.82, 2.24) is 4.98 Å². The highest BCUT2D eigenvalue weighted by Crippen LogP contribution is 2.55. The minimum Gasteiger partial charge on any atom is -0.493 e. The van der Waals surface area contributed by atoms with Gasteiger partial charge in [0, 0.05) is 27.9 Å². The number of benzene rings is 6. The molecule has 720 valence electrons. The number of unbranched alkanes of at least 4 members (excludes halogenated alkanes) is 36. The molecule has 6 aromatic carbocycles. The molecule has 1 heterocycles. The van der Waals surface area contributed by atoms with Crippen molar-refractivity contribution in [3.63, 3.8) is 0 Å². The number of aromatic nitrogens is 1. The lowest BCUT2D eigenvalue weighted by molar-refractivity contribution is 0.304. The smallest absolute Gasteiger partial charge is 0.195 e. The van der Waals surface area contributed by atoms with Gasteiger partial charge < -0.3 is 9.47 Å². The van der Waals surface area contributed by atoms with Crippen LogP contribution in [0.25, 0.3) is 39.4 Å². The second-order valence-corrected chi connectivity index (χ2v) is 35.8. The third kappa shape index (κ3) is 49.5. The molecule has 0 radical (unpaired) electrons. The van der Waals surface area contributed by atoms with Gasteiger partial charge in [0.05, 0.1) is 31.4 Å². The molecule has 128 heavy (non-hydrogen) atoms. The van der Waals surface area contributed by atoms with E-state index in [-0.39, 0.29) is 57.4 Å². The summed E-state index contributed by atoms with van der Waals surface area (Å²) in [6.07, 6.45) is 69.8. The lowest BCUT2D eigenvalue weighted by Crippen LogP contribution is -2.25. The number of rotatable bonds is 54. The van der Waals surface area contributed by atoms with E-state index in [1.165, 1.54) is 325 Å². The van der Waals surface area contributed by atoms with Crippen molar-refractivity contribution >= 4 is 23.4 Å². The highest BCUT2D eigenvalue weighted by Gasteiger charge is 2.42. The second kappa shape index (κ2) is 78.0. The molecule has 0 N–H and O–H groups in total. The molecule has 5 nitrogen and oxygen atoms in total. The zero-order valence-corrected chi connectivity index (χ0v) is 80.9. The Kier molecular flexibility index (Phi) is 77.1. The van der Waals surface area contributed by atoms with Crippen LogP contribution in [0.15, 0.2) is 127 Å². The molecule has 0 saturated heterocycles. The molecule has 0 spiro atoms. The summed E-state index contributed by atoms with van der Waals surface area (Å²) < 4.78 is 12.4. The first kappa shape index (κ1) is 127. The summed E-state index contributed by atoms with van der Waals surface area (Å²) in [5.74, 6) is 1.46. The molecule has 5 heteroatoms. The van der Waals surface area contributed by atoms with Crippen molar-refractivity contribution in [2.75, 3.05) is 13.2 Å². The first-order chi connectivity index (χ1) is 58.8. The number of pyridine rings is 1. The van der Waals surface area contributed by atoms with Gasteiger partial charge >= 0.3 is 0 Å². The fourth-order valence-electron chi connectivity index (χ4n) is 17.0. The minimum absolute atomic E-state index is 0. The maximum Gasteiger partial charge on any atom is 0.195 e. The molecular formula is C123H201N3O2. The van der Waals surface area contributed by atoms with Gasteiger partial charge in [-0.3, -0.25) is 4.98 Å². The van der Waals surface area contributed by atoms with Crippen LogP contribution in [-0.2, 0) is 18.3 Å². The molecule has 0 atom stereocenters. The highest BCUT2D eigenvalue weighted by molar-refractivity contribution is 5.90. The van der Waals surface area contributed by atoms with E-state index in [9.17, 15) is 5.26 Å². The van der Waals surface area contributed by atoms with Crippen molar-refractivity contribution in [3.05, 3.63) is 239 Å². The number of aryl methyl sites for hydroxylation is 12.